The van der Waals surface area contributed by atoms with Gasteiger partial charge in [0.25, 0.3) is 5.69 Å². The first-order valence-corrected chi connectivity index (χ1v) is 9.19. The van der Waals surface area contributed by atoms with Gasteiger partial charge >= 0.3 is 5.97 Å². The van der Waals surface area contributed by atoms with Crippen LogP contribution in [0.15, 0.2) is 60.9 Å². The number of hydrogen-bond acceptors (Lipinski definition) is 5. The third-order valence-corrected chi connectivity index (χ3v) is 4.39. The Bertz CT molecular complexity index is 1050. The van der Waals surface area contributed by atoms with Crippen molar-refractivity contribution in [3.63, 3.8) is 0 Å². The van der Waals surface area contributed by atoms with Gasteiger partial charge in [0.1, 0.15) is 11.4 Å². The van der Waals surface area contributed by atoms with Crippen molar-refractivity contribution < 1.29 is 14.5 Å². The first kappa shape index (κ1) is 20.0. The molecular weight excluding hydrogens is 370 g/mol. The van der Waals surface area contributed by atoms with Gasteiger partial charge in [-0.25, -0.2) is 9.78 Å². The van der Waals surface area contributed by atoms with Crippen molar-refractivity contribution in [3.8, 4) is 0 Å². The van der Waals surface area contributed by atoms with Crippen molar-refractivity contribution in [2.75, 3.05) is 6.61 Å². The van der Waals surface area contributed by atoms with E-state index >= 15 is 0 Å². The summed E-state index contributed by atoms with van der Waals surface area (Å²) >= 11 is 0. The third-order valence-electron chi connectivity index (χ3n) is 4.39. The van der Waals surface area contributed by atoms with E-state index < -0.39 is 10.9 Å². The number of carbonyl (C=O) groups is 1. The number of nitro benzene ring substituents is 1. The van der Waals surface area contributed by atoms with E-state index in [0.29, 0.717) is 23.5 Å². The number of aromatic nitrogens is 2. The second-order valence-corrected chi connectivity index (χ2v) is 6.45. The normalized spacial score (nSPS) is 11.3. The molecule has 2 aromatic carbocycles. The van der Waals surface area contributed by atoms with Crippen LogP contribution >= 0.6 is 0 Å². The molecule has 0 fully saturated rings. The zero-order valence-corrected chi connectivity index (χ0v) is 16.2. The maximum Gasteiger partial charge on any atom is 0.341 e. The molecule has 1 aromatic heterocycles. The van der Waals surface area contributed by atoms with Gasteiger partial charge in [-0.15, -0.1) is 0 Å². The van der Waals surface area contributed by atoms with E-state index in [1.165, 1.54) is 6.07 Å². The number of hydrogen-bond donors (Lipinski definition) is 0. The molecule has 0 amide bonds. The van der Waals surface area contributed by atoms with Crippen molar-refractivity contribution in [1.82, 2.24) is 9.55 Å². The van der Waals surface area contributed by atoms with Gasteiger partial charge in [-0.05, 0) is 31.1 Å². The predicted octanol–water partition coefficient (Wildman–Crippen LogP) is 4.25. The summed E-state index contributed by atoms with van der Waals surface area (Å²) in [5.41, 5.74) is 2.37. The minimum Gasteiger partial charge on any atom is -0.462 e. The Kier molecular flexibility index (Phi) is 6.19. The number of ether oxygens (including phenoxy) is 1. The summed E-state index contributed by atoms with van der Waals surface area (Å²) in [6, 6.07) is 14.6. The van der Waals surface area contributed by atoms with Gasteiger partial charge in [-0.3, -0.25) is 10.1 Å². The molecule has 0 saturated carbocycles. The molecule has 0 saturated heterocycles. The van der Waals surface area contributed by atoms with Crippen molar-refractivity contribution in [3.05, 3.63) is 93.6 Å². The molecule has 0 unspecified atom stereocenters. The molecule has 0 aliphatic carbocycles. The van der Waals surface area contributed by atoms with Crippen molar-refractivity contribution in [2.24, 2.45) is 0 Å². The molecule has 7 nitrogen and oxygen atoms in total. The Labute approximate surface area is 168 Å². The van der Waals surface area contributed by atoms with E-state index in [4.69, 9.17) is 4.74 Å². The zero-order chi connectivity index (χ0) is 20.8. The highest BCUT2D eigenvalue weighted by molar-refractivity contribution is 6.20. The van der Waals surface area contributed by atoms with Gasteiger partial charge in [0.15, 0.2) is 0 Å². The quantitative estimate of drug-likeness (QED) is 0.260. The molecular formula is C22H21N3O4. The first-order valence-electron chi connectivity index (χ1n) is 9.19. The van der Waals surface area contributed by atoms with Crippen LogP contribution < -0.4 is 0 Å². The highest BCUT2D eigenvalue weighted by Gasteiger charge is 2.20. The second-order valence-electron chi connectivity index (χ2n) is 6.45. The van der Waals surface area contributed by atoms with Gasteiger partial charge in [0.05, 0.1) is 11.5 Å². The summed E-state index contributed by atoms with van der Waals surface area (Å²) in [6.07, 6.45) is 4.98. The number of aryl methyl sites for hydroxylation is 1. The van der Waals surface area contributed by atoms with Crippen LogP contribution in [-0.2, 0) is 16.1 Å². The summed E-state index contributed by atoms with van der Waals surface area (Å²) in [7, 11) is 0. The fourth-order valence-corrected chi connectivity index (χ4v) is 2.96. The number of esters is 1. The fourth-order valence-electron chi connectivity index (χ4n) is 2.96. The average molecular weight is 391 g/mol. The maximum atomic E-state index is 12.7. The number of carbonyl (C=O) groups excluding carboxylic acids is 1. The van der Waals surface area contributed by atoms with Crippen LogP contribution in [0.4, 0.5) is 5.69 Å². The largest absolute Gasteiger partial charge is 0.462 e. The lowest BCUT2D eigenvalue weighted by molar-refractivity contribution is -0.385. The van der Waals surface area contributed by atoms with Crippen LogP contribution in [0, 0.1) is 17.0 Å². The van der Waals surface area contributed by atoms with E-state index in [1.54, 1.807) is 44.4 Å². The fraction of sp³-hybridized carbons (Fsp3) is 0.182. The molecule has 3 rings (SSSR count). The second kappa shape index (κ2) is 8.97. The summed E-state index contributed by atoms with van der Waals surface area (Å²) in [4.78, 5) is 27.8. The lowest BCUT2D eigenvalue weighted by atomic mass is 10.1. The highest BCUT2D eigenvalue weighted by atomic mass is 16.6. The average Bonchev–Trinajstić information content (AvgIpc) is 3.15. The maximum absolute atomic E-state index is 12.7. The summed E-state index contributed by atoms with van der Waals surface area (Å²) in [6.45, 7) is 4.14. The molecule has 0 radical (unpaired) electrons. The summed E-state index contributed by atoms with van der Waals surface area (Å²) < 4.78 is 7.06. The summed E-state index contributed by atoms with van der Waals surface area (Å²) in [5.74, 6) is -0.0910. The molecule has 0 spiro atoms. The number of nitrogens with zero attached hydrogens (tertiary/aromatic N) is 3. The molecule has 0 aliphatic heterocycles. The molecule has 7 heteroatoms. The van der Waals surface area contributed by atoms with Gasteiger partial charge in [-0.2, -0.15) is 0 Å². The lowest BCUT2D eigenvalue weighted by Crippen LogP contribution is -2.12. The topological polar surface area (TPSA) is 87.3 Å². The summed E-state index contributed by atoms with van der Waals surface area (Å²) in [5, 5.41) is 11.3. The Morgan fingerprint density at radius 3 is 2.69 bits per heavy atom. The van der Waals surface area contributed by atoms with Crippen molar-refractivity contribution in [1.29, 1.82) is 0 Å². The standard InChI is InChI=1S/C22H21N3O4/c1-3-29-22(26)19(13-18-10-9-16(2)20(14-18)25(27)28)21-23-11-12-24(21)15-17-7-5-4-6-8-17/h4-14H,3,15H2,1-2H3/b19-13+. The van der Waals surface area contributed by atoms with Gasteiger partial charge in [0, 0.05) is 30.6 Å². The Morgan fingerprint density at radius 2 is 2.00 bits per heavy atom. The van der Waals surface area contributed by atoms with Crippen molar-refractivity contribution in [2.45, 2.75) is 20.4 Å². The molecule has 0 atom stereocenters. The lowest BCUT2D eigenvalue weighted by Gasteiger charge is -2.11. The minimum atomic E-state index is -0.531. The number of rotatable bonds is 7. The van der Waals surface area contributed by atoms with Gasteiger partial charge < -0.3 is 9.30 Å². The number of imidazole rings is 1. The highest BCUT2D eigenvalue weighted by Crippen LogP contribution is 2.24. The van der Waals surface area contributed by atoms with E-state index in [-0.39, 0.29) is 17.9 Å². The third kappa shape index (κ3) is 4.76. The molecule has 0 bridgehead atoms. The minimum absolute atomic E-state index is 0.00501. The van der Waals surface area contributed by atoms with Crippen LogP contribution in [0.5, 0.6) is 0 Å². The molecule has 1 heterocycles. The number of nitro groups is 1. The molecule has 0 N–H and O–H groups in total. The van der Waals surface area contributed by atoms with Crippen LogP contribution in [0.3, 0.4) is 0 Å². The van der Waals surface area contributed by atoms with Crippen LogP contribution in [-0.4, -0.2) is 27.1 Å². The molecule has 148 valence electrons. The van der Waals surface area contributed by atoms with Gasteiger partial charge in [0.2, 0.25) is 0 Å². The van der Waals surface area contributed by atoms with Crippen LogP contribution in [0.2, 0.25) is 0 Å². The zero-order valence-electron chi connectivity index (χ0n) is 16.2. The first-order chi connectivity index (χ1) is 14.0. The van der Waals surface area contributed by atoms with Crippen LogP contribution in [0.25, 0.3) is 11.6 Å². The van der Waals surface area contributed by atoms with Crippen LogP contribution in [0.1, 0.15) is 29.4 Å². The SMILES string of the molecule is CCOC(=O)/C(=C/c1ccc(C)c([N+](=O)[O-])c1)c1nccn1Cc1ccccc1. The predicted molar refractivity (Wildman–Crippen MR) is 110 cm³/mol. The monoisotopic (exact) mass is 391 g/mol. The van der Waals surface area contributed by atoms with E-state index in [1.807, 2.05) is 34.9 Å². The van der Waals surface area contributed by atoms with E-state index in [0.717, 1.165) is 5.56 Å². The Balaban J connectivity index is 2.05. The smallest absolute Gasteiger partial charge is 0.341 e. The van der Waals surface area contributed by atoms with E-state index in [2.05, 4.69) is 4.98 Å². The number of benzene rings is 2. The molecule has 3 aromatic rings. The van der Waals surface area contributed by atoms with Gasteiger partial charge in [-0.1, -0.05) is 42.5 Å². The van der Waals surface area contributed by atoms with E-state index in [9.17, 15) is 14.9 Å². The Morgan fingerprint density at radius 1 is 1.24 bits per heavy atom. The Hall–Kier alpha value is -3.74. The molecule has 0 aliphatic rings. The molecule has 29 heavy (non-hydrogen) atoms. The van der Waals surface area contributed by atoms with Crippen molar-refractivity contribution >= 4 is 23.3 Å².